The van der Waals surface area contributed by atoms with E-state index in [0.717, 1.165) is 10.6 Å². The number of thiazole rings is 1. The zero-order chi connectivity index (χ0) is 16.9. The van der Waals surface area contributed by atoms with Gasteiger partial charge in [0.05, 0.1) is 26.1 Å². The number of carbonyl (C=O) groups excluding carboxylic acids is 1. The highest BCUT2D eigenvalue weighted by Crippen LogP contribution is 2.30. The molecule has 0 radical (unpaired) electrons. The Labute approximate surface area is 143 Å². The number of amides is 1. The number of carbonyl (C=O) groups is 1. The average molecular weight is 340 g/mol. The predicted octanol–water partition coefficient (Wildman–Crippen LogP) is 4.08. The van der Waals surface area contributed by atoms with Gasteiger partial charge in [0.25, 0.3) is 5.91 Å². The van der Waals surface area contributed by atoms with E-state index in [9.17, 15) is 4.79 Å². The molecule has 5 nitrogen and oxygen atoms in total. The third-order valence-corrected chi connectivity index (χ3v) is 4.45. The lowest BCUT2D eigenvalue weighted by Gasteiger charge is -2.10. The smallest absolute Gasteiger partial charge is 0.267 e. The minimum absolute atomic E-state index is 0.235. The molecule has 122 valence electrons. The van der Waals surface area contributed by atoms with Crippen LogP contribution in [-0.4, -0.2) is 25.1 Å². The molecule has 3 aromatic rings. The van der Waals surface area contributed by atoms with Gasteiger partial charge in [0.15, 0.2) is 0 Å². The predicted molar refractivity (Wildman–Crippen MR) is 95.0 cm³/mol. The van der Waals surface area contributed by atoms with Crippen molar-refractivity contribution in [3.63, 3.8) is 0 Å². The van der Waals surface area contributed by atoms with Gasteiger partial charge in [-0.15, -0.1) is 11.3 Å². The summed E-state index contributed by atoms with van der Waals surface area (Å²) in [6.07, 6.45) is 1.58. The molecule has 1 heterocycles. The van der Waals surface area contributed by atoms with Crippen LogP contribution in [0.2, 0.25) is 0 Å². The van der Waals surface area contributed by atoms with Gasteiger partial charge in [-0.2, -0.15) is 0 Å². The maximum atomic E-state index is 12.5. The highest BCUT2D eigenvalue weighted by molar-refractivity contribution is 7.17. The van der Waals surface area contributed by atoms with Gasteiger partial charge in [0.2, 0.25) is 0 Å². The Bertz CT molecular complexity index is 846. The van der Waals surface area contributed by atoms with Crippen molar-refractivity contribution in [2.75, 3.05) is 19.5 Å². The minimum atomic E-state index is -0.235. The zero-order valence-electron chi connectivity index (χ0n) is 13.3. The van der Waals surface area contributed by atoms with E-state index < -0.39 is 0 Å². The highest BCUT2D eigenvalue weighted by Gasteiger charge is 2.14. The van der Waals surface area contributed by atoms with Crippen LogP contribution < -0.4 is 14.8 Å². The van der Waals surface area contributed by atoms with Crippen LogP contribution in [0.25, 0.3) is 10.6 Å². The Hall–Kier alpha value is -2.86. The van der Waals surface area contributed by atoms with Gasteiger partial charge in [-0.3, -0.25) is 4.79 Å². The van der Waals surface area contributed by atoms with Gasteiger partial charge in [-0.25, -0.2) is 4.98 Å². The molecule has 1 aromatic heterocycles. The number of anilines is 1. The number of hydrogen-bond acceptors (Lipinski definition) is 5. The lowest BCUT2D eigenvalue weighted by atomic mass is 10.2. The van der Waals surface area contributed by atoms with Gasteiger partial charge in [0, 0.05) is 11.6 Å². The van der Waals surface area contributed by atoms with Crippen molar-refractivity contribution in [3.8, 4) is 22.1 Å². The lowest BCUT2D eigenvalue weighted by Crippen LogP contribution is -2.11. The third kappa shape index (κ3) is 3.38. The summed E-state index contributed by atoms with van der Waals surface area (Å²) in [4.78, 5) is 17.3. The fourth-order valence-electron chi connectivity index (χ4n) is 2.19. The molecule has 0 saturated heterocycles. The van der Waals surface area contributed by atoms with E-state index in [-0.39, 0.29) is 5.91 Å². The normalized spacial score (nSPS) is 10.2. The molecule has 0 spiro atoms. The summed E-state index contributed by atoms with van der Waals surface area (Å²) in [6.45, 7) is 0. The van der Waals surface area contributed by atoms with Crippen LogP contribution in [0.5, 0.6) is 11.5 Å². The average Bonchev–Trinajstić information content (AvgIpc) is 3.12. The van der Waals surface area contributed by atoms with E-state index in [1.54, 1.807) is 38.6 Å². The number of hydrogen-bond donors (Lipinski definition) is 1. The second-order valence-electron chi connectivity index (χ2n) is 4.92. The van der Waals surface area contributed by atoms with Crippen LogP contribution in [0.1, 0.15) is 9.67 Å². The molecule has 0 saturated carbocycles. The summed E-state index contributed by atoms with van der Waals surface area (Å²) in [5.41, 5.74) is 1.54. The van der Waals surface area contributed by atoms with Crippen molar-refractivity contribution >= 4 is 22.9 Å². The Morgan fingerprint density at radius 1 is 1.08 bits per heavy atom. The Kier molecular flexibility index (Phi) is 4.77. The van der Waals surface area contributed by atoms with Gasteiger partial charge in [-0.05, 0) is 12.1 Å². The van der Waals surface area contributed by atoms with Crippen LogP contribution >= 0.6 is 11.3 Å². The summed E-state index contributed by atoms with van der Waals surface area (Å²) >= 11 is 1.34. The summed E-state index contributed by atoms with van der Waals surface area (Å²) in [5.74, 6) is 0.971. The van der Waals surface area contributed by atoms with Gasteiger partial charge in [0.1, 0.15) is 21.4 Å². The molecule has 0 aliphatic carbocycles. The van der Waals surface area contributed by atoms with E-state index in [1.165, 1.54) is 11.3 Å². The lowest BCUT2D eigenvalue weighted by molar-refractivity contribution is 0.103. The number of nitrogens with one attached hydrogen (secondary N) is 1. The summed E-state index contributed by atoms with van der Waals surface area (Å²) in [5, 5.41) is 3.65. The number of ether oxygens (including phenoxy) is 2. The van der Waals surface area contributed by atoms with E-state index >= 15 is 0 Å². The summed E-state index contributed by atoms with van der Waals surface area (Å²) in [6, 6.07) is 15.0. The Morgan fingerprint density at radius 2 is 1.88 bits per heavy atom. The molecule has 0 fully saturated rings. The van der Waals surface area contributed by atoms with Crippen LogP contribution in [0.3, 0.4) is 0 Å². The fourth-order valence-corrected chi connectivity index (χ4v) is 3.01. The Balaban J connectivity index is 1.82. The van der Waals surface area contributed by atoms with Crippen molar-refractivity contribution in [3.05, 3.63) is 59.6 Å². The van der Waals surface area contributed by atoms with Crippen LogP contribution in [0.15, 0.2) is 54.7 Å². The molecule has 0 aliphatic rings. The molecule has 0 atom stereocenters. The molecular formula is C18H16N2O3S. The molecule has 2 aromatic carbocycles. The standard InChI is InChI=1S/C18H16N2O3S/c1-22-13-8-9-15(23-2)14(10-13)20-17(21)16-11-19-18(24-16)12-6-4-3-5-7-12/h3-11H,1-2H3,(H,20,21). The van der Waals surface area contributed by atoms with E-state index in [1.807, 2.05) is 30.3 Å². The summed E-state index contributed by atoms with van der Waals surface area (Å²) < 4.78 is 10.5. The third-order valence-electron chi connectivity index (χ3n) is 3.41. The topological polar surface area (TPSA) is 60.5 Å². The first-order chi connectivity index (χ1) is 11.7. The number of nitrogens with zero attached hydrogens (tertiary/aromatic N) is 1. The van der Waals surface area contributed by atoms with Crippen molar-refractivity contribution in [1.29, 1.82) is 0 Å². The maximum absolute atomic E-state index is 12.5. The quantitative estimate of drug-likeness (QED) is 0.760. The molecule has 6 heteroatoms. The maximum Gasteiger partial charge on any atom is 0.267 e. The molecule has 1 N–H and O–H groups in total. The van der Waals surface area contributed by atoms with E-state index in [2.05, 4.69) is 10.3 Å². The first kappa shape index (κ1) is 16.0. The van der Waals surface area contributed by atoms with Crippen molar-refractivity contribution < 1.29 is 14.3 Å². The van der Waals surface area contributed by atoms with Crippen molar-refractivity contribution in [2.24, 2.45) is 0 Å². The van der Waals surface area contributed by atoms with Gasteiger partial charge in [-0.1, -0.05) is 30.3 Å². The number of rotatable bonds is 5. The van der Waals surface area contributed by atoms with Gasteiger partial charge >= 0.3 is 0 Å². The zero-order valence-corrected chi connectivity index (χ0v) is 14.1. The Morgan fingerprint density at radius 3 is 2.58 bits per heavy atom. The molecule has 1 amide bonds. The molecule has 0 bridgehead atoms. The molecule has 3 rings (SSSR count). The fraction of sp³-hybridized carbons (Fsp3) is 0.111. The number of methoxy groups -OCH3 is 2. The van der Waals surface area contributed by atoms with Crippen molar-refractivity contribution in [1.82, 2.24) is 4.98 Å². The van der Waals surface area contributed by atoms with Crippen LogP contribution in [-0.2, 0) is 0 Å². The molecular weight excluding hydrogens is 324 g/mol. The molecule has 24 heavy (non-hydrogen) atoms. The number of aromatic nitrogens is 1. The second-order valence-corrected chi connectivity index (χ2v) is 5.95. The SMILES string of the molecule is COc1ccc(OC)c(NC(=O)c2cnc(-c3ccccc3)s2)c1. The highest BCUT2D eigenvalue weighted by atomic mass is 32.1. The van der Waals surface area contributed by atoms with E-state index in [4.69, 9.17) is 9.47 Å². The largest absolute Gasteiger partial charge is 0.497 e. The summed E-state index contributed by atoms with van der Waals surface area (Å²) in [7, 11) is 3.13. The second kappa shape index (κ2) is 7.14. The monoisotopic (exact) mass is 340 g/mol. The first-order valence-corrected chi connectivity index (χ1v) is 8.07. The van der Waals surface area contributed by atoms with Crippen LogP contribution in [0.4, 0.5) is 5.69 Å². The van der Waals surface area contributed by atoms with E-state index in [0.29, 0.717) is 22.1 Å². The molecule has 0 aliphatic heterocycles. The molecule has 0 unspecified atom stereocenters. The van der Waals surface area contributed by atoms with Crippen LogP contribution in [0, 0.1) is 0 Å². The van der Waals surface area contributed by atoms with Gasteiger partial charge < -0.3 is 14.8 Å². The van der Waals surface area contributed by atoms with Crippen molar-refractivity contribution in [2.45, 2.75) is 0 Å². The minimum Gasteiger partial charge on any atom is -0.497 e. The first-order valence-electron chi connectivity index (χ1n) is 7.26. The number of benzene rings is 2.